The van der Waals surface area contributed by atoms with E-state index in [1.54, 1.807) is 0 Å². The second kappa shape index (κ2) is 4.67. The van der Waals surface area contributed by atoms with E-state index in [1.807, 2.05) is 0 Å². The van der Waals surface area contributed by atoms with Gasteiger partial charge in [0.15, 0.2) is 0 Å². The Hall–Kier alpha value is -0.860. The van der Waals surface area contributed by atoms with E-state index < -0.39 is 0 Å². The molecule has 18 heavy (non-hydrogen) atoms. The van der Waals surface area contributed by atoms with Crippen molar-refractivity contribution in [3.05, 3.63) is 35.9 Å². The van der Waals surface area contributed by atoms with E-state index >= 15 is 0 Å². The number of benzene rings is 1. The molecular formula is C16H23NO. The summed E-state index contributed by atoms with van der Waals surface area (Å²) < 4.78 is 0. The molecule has 3 fully saturated rings. The minimum absolute atomic E-state index is 0.274. The Morgan fingerprint density at radius 2 is 1.56 bits per heavy atom. The molecule has 0 heterocycles. The fourth-order valence-electron chi connectivity index (χ4n) is 3.65. The quantitative estimate of drug-likeness (QED) is 0.855. The van der Waals surface area contributed by atoms with Gasteiger partial charge in [-0.25, -0.2) is 0 Å². The molecule has 1 aromatic rings. The highest BCUT2D eigenvalue weighted by Gasteiger charge is 2.47. The van der Waals surface area contributed by atoms with Gasteiger partial charge < -0.3 is 10.4 Å². The molecule has 2 heteroatoms. The van der Waals surface area contributed by atoms with Crippen molar-refractivity contribution in [2.45, 2.75) is 50.6 Å². The molecule has 2 N–H and O–H groups in total. The summed E-state index contributed by atoms with van der Waals surface area (Å²) in [5.74, 6) is 0. The van der Waals surface area contributed by atoms with Crippen LogP contribution in [0.15, 0.2) is 30.3 Å². The smallest absolute Gasteiger partial charge is 0.0487 e. The first-order valence-corrected chi connectivity index (χ1v) is 7.16. The summed E-state index contributed by atoms with van der Waals surface area (Å²) in [6.07, 6.45) is 7.31. The molecule has 2 bridgehead atoms. The van der Waals surface area contributed by atoms with Gasteiger partial charge in [-0.05, 0) is 49.5 Å². The maximum atomic E-state index is 9.54. The molecule has 0 aliphatic heterocycles. The highest BCUT2D eigenvalue weighted by Crippen LogP contribution is 2.51. The maximum absolute atomic E-state index is 9.54. The first-order chi connectivity index (χ1) is 8.76. The molecule has 0 spiro atoms. The van der Waals surface area contributed by atoms with E-state index in [1.165, 1.54) is 44.1 Å². The molecule has 3 aliphatic carbocycles. The summed E-state index contributed by atoms with van der Waals surface area (Å²) in [5.41, 5.74) is 2.00. The maximum Gasteiger partial charge on any atom is 0.0487 e. The van der Waals surface area contributed by atoms with Gasteiger partial charge in [-0.15, -0.1) is 0 Å². The lowest BCUT2D eigenvalue weighted by Crippen LogP contribution is -2.55. The van der Waals surface area contributed by atoms with E-state index in [2.05, 4.69) is 35.6 Å². The molecular weight excluding hydrogens is 222 g/mol. The highest BCUT2D eigenvalue weighted by atomic mass is 16.3. The molecule has 0 unspecified atom stereocenters. The molecule has 0 saturated heterocycles. The molecule has 98 valence electrons. The van der Waals surface area contributed by atoms with Gasteiger partial charge in [0, 0.05) is 18.7 Å². The van der Waals surface area contributed by atoms with E-state index in [0.717, 1.165) is 6.54 Å². The number of fused-ring (bicyclic) bond motifs is 3. The van der Waals surface area contributed by atoms with Crippen LogP contribution in [-0.4, -0.2) is 17.3 Å². The van der Waals surface area contributed by atoms with Gasteiger partial charge in [0.2, 0.25) is 0 Å². The second-order valence-electron chi connectivity index (χ2n) is 6.28. The van der Waals surface area contributed by atoms with Crippen LogP contribution in [0.2, 0.25) is 0 Å². The van der Waals surface area contributed by atoms with E-state index in [9.17, 15) is 5.11 Å². The molecule has 0 atom stereocenters. The van der Waals surface area contributed by atoms with Crippen LogP contribution in [-0.2, 0) is 6.54 Å². The Bertz CT molecular complexity index is 376. The number of nitrogens with one attached hydrogen (secondary N) is 1. The van der Waals surface area contributed by atoms with E-state index in [0.29, 0.717) is 12.1 Å². The van der Waals surface area contributed by atoms with Gasteiger partial charge in [0.1, 0.15) is 0 Å². The van der Waals surface area contributed by atoms with Crippen LogP contribution >= 0.6 is 0 Å². The summed E-state index contributed by atoms with van der Waals surface area (Å²) in [7, 11) is 0. The van der Waals surface area contributed by atoms with Gasteiger partial charge in [0.05, 0.1) is 0 Å². The molecule has 1 aromatic carbocycles. The predicted molar refractivity (Wildman–Crippen MR) is 73.2 cm³/mol. The Balaban J connectivity index is 1.61. The zero-order valence-corrected chi connectivity index (χ0v) is 11.0. The first-order valence-electron chi connectivity index (χ1n) is 7.16. The molecule has 0 aromatic heterocycles. The predicted octanol–water partition coefficient (Wildman–Crippen LogP) is 2.86. The Morgan fingerprint density at radius 3 is 2.11 bits per heavy atom. The molecule has 3 saturated carbocycles. The van der Waals surface area contributed by atoms with Crippen molar-refractivity contribution in [3.8, 4) is 0 Å². The summed E-state index contributed by atoms with van der Waals surface area (Å²) in [5, 5.41) is 13.3. The lowest BCUT2D eigenvalue weighted by atomic mass is 9.57. The number of aliphatic hydroxyl groups is 1. The fourth-order valence-corrected chi connectivity index (χ4v) is 3.65. The van der Waals surface area contributed by atoms with Crippen molar-refractivity contribution in [1.82, 2.24) is 5.32 Å². The van der Waals surface area contributed by atoms with Gasteiger partial charge >= 0.3 is 0 Å². The van der Waals surface area contributed by atoms with Crippen molar-refractivity contribution in [2.24, 2.45) is 5.41 Å². The van der Waals surface area contributed by atoms with Crippen molar-refractivity contribution in [3.63, 3.8) is 0 Å². The van der Waals surface area contributed by atoms with Crippen molar-refractivity contribution < 1.29 is 5.11 Å². The highest BCUT2D eigenvalue weighted by molar-refractivity contribution is 5.15. The number of rotatable bonds is 4. The summed E-state index contributed by atoms with van der Waals surface area (Å²) >= 11 is 0. The third kappa shape index (κ3) is 2.19. The largest absolute Gasteiger partial charge is 0.396 e. The van der Waals surface area contributed by atoms with Crippen molar-refractivity contribution in [1.29, 1.82) is 0 Å². The van der Waals surface area contributed by atoms with Crippen LogP contribution in [0.4, 0.5) is 0 Å². The van der Waals surface area contributed by atoms with Crippen LogP contribution in [0.3, 0.4) is 0 Å². The fraction of sp³-hybridized carbons (Fsp3) is 0.625. The lowest BCUT2D eigenvalue weighted by molar-refractivity contribution is -0.0179. The molecule has 4 rings (SSSR count). The van der Waals surface area contributed by atoms with Crippen LogP contribution in [0.1, 0.15) is 44.1 Å². The number of hydrogen-bond acceptors (Lipinski definition) is 2. The molecule has 0 radical (unpaired) electrons. The van der Waals surface area contributed by atoms with Gasteiger partial charge in [0.25, 0.3) is 0 Å². The Labute approximate surface area is 109 Å². The average molecular weight is 245 g/mol. The number of hydrogen-bond donors (Lipinski definition) is 2. The lowest BCUT2D eigenvalue weighted by Gasteiger charge is -2.53. The third-order valence-corrected chi connectivity index (χ3v) is 5.25. The normalized spacial score (nSPS) is 34.7. The standard InChI is InChI=1S/C16H23NO/c18-13-15-6-9-16(10-7-15,11-8-15)17-12-14-4-2-1-3-5-14/h1-5,17-18H,6-13H2. The Morgan fingerprint density at radius 1 is 0.944 bits per heavy atom. The minimum Gasteiger partial charge on any atom is -0.396 e. The topological polar surface area (TPSA) is 32.3 Å². The molecule has 3 aliphatic rings. The molecule has 0 amide bonds. The zero-order chi connectivity index (χ0) is 12.5. The zero-order valence-electron chi connectivity index (χ0n) is 11.0. The first kappa shape index (κ1) is 12.2. The second-order valence-corrected chi connectivity index (χ2v) is 6.28. The van der Waals surface area contributed by atoms with Crippen molar-refractivity contribution in [2.75, 3.05) is 6.61 Å². The van der Waals surface area contributed by atoms with Gasteiger partial charge in [-0.2, -0.15) is 0 Å². The van der Waals surface area contributed by atoms with Crippen molar-refractivity contribution >= 4 is 0 Å². The van der Waals surface area contributed by atoms with Gasteiger partial charge in [-0.1, -0.05) is 30.3 Å². The molecule has 2 nitrogen and oxygen atoms in total. The van der Waals surface area contributed by atoms with Crippen LogP contribution in [0, 0.1) is 5.41 Å². The van der Waals surface area contributed by atoms with Crippen LogP contribution in [0.5, 0.6) is 0 Å². The van der Waals surface area contributed by atoms with Crippen LogP contribution in [0.25, 0.3) is 0 Å². The van der Waals surface area contributed by atoms with Crippen LogP contribution < -0.4 is 5.32 Å². The Kier molecular flexibility index (Phi) is 3.16. The van der Waals surface area contributed by atoms with E-state index in [-0.39, 0.29) is 5.41 Å². The SMILES string of the molecule is OCC12CCC(NCc3ccccc3)(CC1)CC2. The summed E-state index contributed by atoms with van der Waals surface area (Å²) in [6.45, 7) is 1.37. The van der Waals surface area contributed by atoms with E-state index in [4.69, 9.17) is 0 Å². The number of aliphatic hydroxyl groups excluding tert-OH is 1. The minimum atomic E-state index is 0.274. The monoisotopic (exact) mass is 245 g/mol. The third-order valence-electron chi connectivity index (χ3n) is 5.25. The summed E-state index contributed by atoms with van der Waals surface area (Å²) in [4.78, 5) is 0. The van der Waals surface area contributed by atoms with Gasteiger partial charge in [-0.3, -0.25) is 0 Å². The summed E-state index contributed by atoms with van der Waals surface area (Å²) in [6, 6.07) is 10.7. The average Bonchev–Trinajstić information content (AvgIpc) is 2.48.